The third-order valence-electron chi connectivity index (χ3n) is 4.00. The number of hydrogen-bond acceptors (Lipinski definition) is 3. The van der Waals surface area contributed by atoms with Crippen molar-refractivity contribution in [3.63, 3.8) is 0 Å². The molecule has 0 aliphatic heterocycles. The van der Waals surface area contributed by atoms with Crippen molar-refractivity contribution in [2.24, 2.45) is 0 Å². The Hall–Kier alpha value is -3.59. The van der Waals surface area contributed by atoms with Gasteiger partial charge in [0.25, 0.3) is 0 Å². The fourth-order valence-electron chi connectivity index (χ4n) is 2.74. The number of hydrogen-bond donors (Lipinski definition) is 0. The van der Waals surface area contributed by atoms with E-state index in [1.165, 1.54) is 0 Å². The van der Waals surface area contributed by atoms with Gasteiger partial charge in [-0.3, -0.25) is 0 Å². The van der Waals surface area contributed by atoms with Crippen LogP contribution in [0.4, 0.5) is 0 Å². The molecule has 26 heavy (non-hydrogen) atoms. The molecule has 0 atom stereocenters. The predicted molar refractivity (Wildman–Crippen MR) is 104 cm³/mol. The fraction of sp³-hybridized carbons (Fsp3) is 0. The molecule has 1 heterocycles. The number of benzene rings is 3. The van der Waals surface area contributed by atoms with Gasteiger partial charge < -0.3 is 9.15 Å². The van der Waals surface area contributed by atoms with Crippen molar-refractivity contribution in [1.29, 1.82) is 0 Å². The summed E-state index contributed by atoms with van der Waals surface area (Å²) in [5.41, 5.74) is 1.45. The van der Waals surface area contributed by atoms with Crippen LogP contribution >= 0.6 is 0 Å². The van der Waals surface area contributed by atoms with Crippen LogP contribution in [0, 0.1) is 0 Å². The Bertz CT molecular complexity index is 1110. The smallest absolute Gasteiger partial charge is 0.347 e. The summed E-state index contributed by atoms with van der Waals surface area (Å²) in [7, 11) is 0. The first-order valence-corrected chi connectivity index (χ1v) is 8.33. The van der Waals surface area contributed by atoms with Crippen LogP contribution in [0.25, 0.3) is 23.1 Å². The molecule has 4 aromatic rings. The predicted octanol–water partition coefficient (Wildman–Crippen LogP) is 5.76. The van der Waals surface area contributed by atoms with Gasteiger partial charge in [-0.05, 0) is 35.9 Å². The minimum atomic E-state index is -0.429. The molecule has 0 saturated carbocycles. The Morgan fingerprint density at radius 2 is 1.38 bits per heavy atom. The second-order valence-corrected chi connectivity index (χ2v) is 5.79. The summed E-state index contributed by atoms with van der Waals surface area (Å²) < 4.78 is 11.6. The molecule has 0 spiro atoms. The van der Waals surface area contributed by atoms with Crippen LogP contribution in [0.15, 0.2) is 94.1 Å². The van der Waals surface area contributed by atoms with Gasteiger partial charge in [-0.15, -0.1) is 0 Å². The maximum atomic E-state index is 12.6. The minimum absolute atomic E-state index is 0.386. The second kappa shape index (κ2) is 7.11. The quantitative estimate of drug-likeness (QED) is 0.444. The molecule has 0 radical (unpaired) electrons. The van der Waals surface area contributed by atoms with E-state index in [0.29, 0.717) is 22.6 Å². The molecule has 1 aromatic heterocycles. The zero-order valence-corrected chi connectivity index (χ0v) is 14.0. The third kappa shape index (κ3) is 3.28. The maximum absolute atomic E-state index is 12.6. The molecule has 0 amide bonds. The Labute approximate surface area is 150 Å². The topological polar surface area (TPSA) is 39.4 Å². The SMILES string of the molecule is O=c1oc2ccccc2c(Oc2ccccc2)c1/C=C/c1ccccc1. The van der Waals surface area contributed by atoms with Gasteiger partial charge in [-0.25, -0.2) is 4.79 Å². The van der Waals surface area contributed by atoms with Gasteiger partial charge in [-0.2, -0.15) is 0 Å². The van der Waals surface area contributed by atoms with Gasteiger partial charge in [0.1, 0.15) is 16.9 Å². The Morgan fingerprint density at radius 3 is 2.15 bits per heavy atom. The first kappa shape index (κ1) is 15.9. The van der Waals surface area contributed by atoms with Gasteiger partial charge in [0.15, 0.2) is 5.75 Å². The largest absolute Gasteiger partial charge is 0.456 e. The minimum Gasteiger partial charge on any atom is -0.456 e. The molecule has 126 valence electrons. The van der Waals surface area contributed by atoms with Crippen LogP contribution in [-0.2, 0) is 0 Å². The van der Waals surface area contributed by atoms with Gasteiger partial charge >= 0.3 is 5.63 Å². The average Bonchev–Trinajstić information content (AvgIpc) is 2.69. The van der Waals surface area contributed by atoms with E-state index < -0.39 is 5.63 Å². The van der Waals surface area contributed by atoms with Gasteiger partial charge in [0.05, 0.1) is 5.39 Å². The Kier molecular flexibility index (Phi) is 4.35. The van der Waals surface area contributed by atoms with E-state index in [1.54, 1.807) is 12.1 Å². The van der Waals surface area contributed by atoms with Crippen molar-refractivity contribution in [2.45, 2.75) is 0 Å². The Balaban J connectivity index is 1.88. The molecule has 0 fully saturated rings. The average molecular weight is 340 g/mol. The molecule has 4 rings (SSSR count). The lowest BCUT2D eigenvalue weighted by molar-refractivity contribution is 0.473. The van der Waals surface area contributed by atoms with E-state index in [2.05, 4.69) is 0 Å². The van der Waals surface area contributed by atoms with Crippen molar-refractivity contribution in [3.8, 4) is 11.5 Å². The van der Waals surface area contributed by atoms with E-state index in [9.17, 15) is 4.79 Å². The van der Waals surface area contributed by atoms with Crippen molar-refractivity contribution in [3.05, 3.63) is 106 Å². The molecule has 0 bridgehead atoms. The zero-order valence-electron chi connectivity index (χ0n) is 14.0. The fourth-order valence-corrected chi connectivity index (χ4v) is 2.74. The summed E-state index contributed by atoms with van der Waals surface area (Å²) in [4.78, 5) is 12.6. The van der Waals surface area contributed by atoms with Crippen molar-refractivity contribution in [1.82, 2.24) is 0 Å². The lowest BCUT2D eigenvalue weighted by Crippen LogP contribution is -2.06. The lowest BCUT2D eigenvalue weighted by atomic mass is 10.1. The van der Waals surface area contributed by atoms with E-state index in [-0.39, 0.29) is 0 Å². The number of fused-ring (bicyclic) bond motifs is 1. The van der Waals surface area contributed by atoms with E-state index in [4.69, 9.17) is 9.15 Å². The standard InChI is InChI=1S/C23H16O3/c24-23-20(16-15-17-9-3-1-4-10-17)22(25-18-11-5-2-6-12-18)19-13-7-8-14-21(19)26-23/h1-16H/b16-15+. The zero-order chi connectivity index (χ0) is 17.8. The van der Waals surface area contributed by atoms with E-state index in [0.717, 1.165) is 10.9 Å². The van der Waals surface area contributed by atoms with Crippen LogP contribution in [-0.4, -0.2) is 0 Å². The third-order valence-corrected chi connectivity index (χ3v) is 4.00. The molecular formula is C23H16O3. The first-order valence-electron chi connectivity index (χ1n) is 8.33. The molecule has 3 aromatic carbocycles. The molecule has 3 nitrogen and oxygen atoms in total. The molecule has 3 heteroatoms. The molecule has 0 aliphatic carbocycles. The van der Waals surface area contributed by atoms with Crippen LogP contribution in [0.3, 0.4) is 0 Å². The summed E-state index contributed by atoms with van der Waals surface area (Å²) in [5, 5.41) is 0.753. The van der Waals surface area contributed by atoms with E-state index >= 15 is 0 Å². The summed E-state index contributed by atoms with van der Waals surface area (Å²) in [5.74, 6) is 1.16. The molecular weight excluding hydrogens is 324 g/mol. The highest BCUT2D eigenvalue weighted by atomic mass is 16.5. The summed E-state index contributed by atoms with van der Waals surface area (Å²) >= 11 is 0. The summed E-state index contributed by atoms with van der Waals surface area (Å²) in [6, 6.07) is 26.6. The molecule has 0 N–H and O–H groups in total. The summed E-state index contributed by atoms with van der Waals surface area (Å²) in [6.45, 7) is 0. The molecule has 0 saturated heterocycles. The first-order chi connectivity index (χ1) is 12.8. The van der Waals surface area contributed by atoms with Gasteiger partial charge in [0.2, 0.25) is 0 Å². The van der Waals surface area contributed by atoms with Crippen LogP contribution in [0.5, 0.6) is 11.5 Å². The summed E-state index contributed by atoms with van der Waals surface area (Å²) in [6.07, 6.45) is 3.62. The number of para-hydroxylation sites is 2. The van der Waals surface area contributed by atoms with E-state index in [1.807, 2.05) is 84.9 Å². The van der Waals surface area contributed by atoms with Crippen molar-refractivity contribution in [2.75, 3.05) is 0 Å². The van der Waals surface area contributed by atoms with Crippen LogP contribution in [0.2, 0.25) is 0 Å². The van der Waals surface area contributed by atoms with Gasteiger partial charge in [-0.1, -0.05) is 66.7 Å². The highest BCUT2D eigenvalue weighted by Gasteiger charge is 2.14. The Morgan fingerprint density at radius 1 is 0.731 bits per heavy atom. The molecule has 0 unspecified atom stereocenters. The van der Waals surface area contributed by atoms with Crippen molar-refractivity contribution < 1.29 is 9.15 Å². The maximum Gasteiger partial charge on any atom is 0.347 e. The monoisotopic (exact) mass is 340 g/mol. The number of rotatable bonds is 4. The number of ether oxygens (including phenoxy) is 1. The van der Waals surface area contributed by atoms with Crippen LogP contribution in [0.1, 0.15) is 11.1 Å². The molecule has 0 aliphatic rings. The highest BCUT2D eigenvalue weighted by molar-refractivity contribution is 5.88. The van der Waals surface area contributed by atoms with Crippen LogP contribution < -0.4 is 10.4 Å². The highest BCUT2D eigenvalue weighted by Crippen LogP contribution is 2.32. The second-order valence-electron chi connectivity index (χ2n) is 5.79. The van der Waals surface area contributed by atoms with Gasteiger partial charge in [0, 0.05) is 0 Å². The van der Waals surface area contributed by atoms with Crippen molar-refractivity contribution >= 4 is 23.1 Å². The normalized spacial score (nSPS) is 11.1. The lowest BCUT2D eigenvalue weighted by Gasteiger charge is -2.11.